The van der Waals surface area contributed by atoms with Gasteiger partial charge in [0.25, 0.3) is 5.91 Å². The van der Waals surface area contributed by atoms with Gasteiger partial charge in [0.2, 0.25) is 5.78 Å². The quantitative estimate of drug-likeness (QED) is 0.363. The highest BCUT2D eigenvalue weighted by Crippen LogP contribution is 2.28. The second-order valence-electron chi connectivity index (χ2n) is 7.04. The van der Waals surface area contributed by atoms with Crippen LogP contribution in [-0.4, -0.2) is 38.0 Å². The van der Waals surface area contributed by atoms with Gasteiger partial charge in [-0.2, -0.15) is 0 Å². The van der Waals surface area contributed by atoms with E-state index in [-0.39, 0.29) is 36.1 Å². The Bertz CT molecular complexity index is 1170. The molecule has 0 aliphatic carbocycles. The summed E-state index contributed by atoms with van der Waals surface area (Å²) < 4.78 is 28.8. The minimum absolute atomic E-state index is 0.168. The average molecular weight is 472 g/mol. The Hall–Kier alpha value is -3.72. The predicted octanol–water partition coefficient (Wildman–Crippen LogP) is 4.57. The van der Waals surface area contributed by atoms with Crippen LogP contribution in [0.4, 0.5) is 10.1 Å². The van der Waals surface area contributed by atoms with Crippen molar-refractivity contribution in [3.63, 3.8) is 0 Å². The Morgan fingerprint density at radius 2 is 1.70 bits per heavy atom. The van der Waals surface area contributed by atoms with Crippen molar-refractivity contribution < 1.29 is 33.0 Å². The number of hydrogen-bond donors (Lipinski definition) is 1. The van der Waals surface area contributed by atoms with E-state index < -0.39 is 17.7 Å². The number of nitrogens with one attached hydrogen (secondary N) is 1. The molecule has 1 aromatic heterocycles. The maximum atomic E-state index is 12.9. The lowest BCUT2D eigenvalue weighted by Gasteiger charge is -2.12. The van der Waals surface area contributed by atoms with Gasteiger partial charge in [-0.1, -0.05) is 0 Å². The summed E-state index contributed by atoms with van der Waals surface area (Å²) in [6.45, 7) is 3.05. The number of halogens is 1. The Balaban J connectivity index is 1.57. The van der Waals surface area contributed by atoms with Crippen LogP contribution in [0.2, 0.25) is 0 Å². The minimum Gasteiger partial charge on any atom is -0.493 e. The number of anilines is 1. The molecule has 172 valence electrons. The zero-order chi connectivity index (χ0) is 24.0. The summed E-state index contributed by atoms with van der Waals surface area (Å²) in [6, 6.07) is 11.4. The number of thiophene rings is 1. The molecule has 0 aliphatic heterocycles. The molecule has 1 amide bonds. The molecule has 7 nitrogen and oxygen atoms in total. The molecule has 0 radical (unpaired) electrons. The van der Waals surface area contributed by atoms with E-state index in [4.69, 9.17) is 14.2 Å². The van der Waals surface area contributed by atoms with Crippen LogP contribution in [0.15, 0.2) is 48.5 Å². The van der Waals surface area contributed by atoms with Crippen molar-refractivity contribution in [1.82, 2.24) is 0 Å². The number of esters is 1. The summed E-state index contributed by atoms with van der Waals surface area (Å²) in [7, 11) is 1.39. The summed E-state index contributed by atoms with van der Waals surface area (Å²) in [6.07, 6.45) is 0. The lowest BCUT2D eigenvalue weighted by atomic mass is 10.1. The number of benzene rings is 2. The molecule has 3 rings (SSSR count). The number of Topliss-reactive ketones (excluding diaryl/α,β-unsaturated/α-hetero) is 1. The summed E-state index contributed by atoms with van der Waals surface area (Å²) in [4.78, 5) is 38.6. The molecule has 0 saturated carbocycles. The topological polar surface area (TPSA) is 90.9 Å². The van der Waals surface area contributed by atoms with Gasteiger partial charge >= 0.3 is 5.97 Å². The number of hydrogen-bond acceptors (Lipinski definition) is 7. The number of aryl methyl sites for hydroxylation is 2. The first-order valence-corrected chi connectivity index (χ1v) is 10.7. The third-order valence-electron chi connectivity index (χ3n) is 4.56. The van der Waals surface area contributed by atoms with Gasteiger partial charge in [-0.05, 0) is 62.4 Å². The fourth-order valence-electron chi connectivity index (χ4n) is 2.99. The van der Waals surface area contributed by atoms with Crippen molar-refractivity contribution in [3.05, 3.63) is 75.2 Å². The highest BCUT2D eigenvalue weighted by Gasteiger charge is 2.17. The fourth-order valence-corrected chi connectivity index (χ4v) is 3.93. The van der Waals surface area contributed by atoms with E-state index in [9.17, 15) is 18.8 Å². The van der Waals surface area contributed by atoms with Gasteiger partial charge in [-0.3, -0.25) is 9.59 Å². The van der Waals surface area contributed by atoms with E-state index in [1.165, 1.54) is 60.9 Å². The van der Waals surface area contributed by atoms with E-state index >= 15 is 0 Å². The molecule has 0 atom stereocenters. The normalized spacial score (nSPS) is 10.4. The summed E-state index contributed by atoms with van der Waals surface area (Å²) in [5, 5.41) is 2.58. The van der Waals surface area contributed by atoms with Gasteiger partial charge in [0.1, 0.15) is 5.82 Å². The Morgan fingerprint density at radius 3 is 2.33 bits per heavy atom. The lowest BCUT2D eigenvalue weighted by Crippen LogP contribution is -2.20. The summed E-state index contributed by atoms with van der Waals surface area (Å²) in [5.74, 6) is -1.37. The molecule has 0 aliphatic rings. The van der Waals surface area contributed by atoms with Crippen LogP contribution in [0, 0.1) is 19.7 Å². The maximum absolute atomic E-state index is 12.9. The van der Waals surface area contributed by atoms with E-state index in [0.717, 1.165) is 9.75 Å². The smallest absolute Gasteiger partial charge is 0.338 e. The Kier molecular flexibility index (Phi) is 7.78. The highest BCUT2D eigenvalue weighted by molar-refractivity contribution is 7.12. The molecular formula is C24H22FNO6S. The van der Waals surface area contributed by atoms with Crippen molar-refractivity contribution in [2.75, 3.05) is 25.6 Å². The fraction of sp³-hybridized carbons (Fsp3) is 0.208. The van der Waals surface area contributed by atoms with Crippen LogP contribution in [0.25, 0.3) is 0 Å². The second kappa shape index (κ2) is 10.7. The molecule has 1 heterocycles. The van der Waals surface area contributed by atoms with E-state index in [1.54, 1.807) is 6.07 Å². The molecule has 1 N–H and O–H groups in total. The number of ether oxygens (including phenoxy) is 3. The number of carbonyl (C=O) groups excluding carboxylic acids is 3. The van der Waals surface area contributed by atoms with E-state index in [1.807, 2.05) is 13.8 Å². The molecule has 0 unspecified atom stereocenters. The minimum atomic E-state index is -0.688. The van der Waals surface area contributed by atoms with Gasteiger partial charge in [0.05, 0.1) is 12.7 Å². The van der Waals surface area contributed by atoms with Gasteiger partial charge in [0.15, 0.2) is 24.7 Å². The third-order valence-corrected chi connectivity index (χ3v) is 5.53. The van der Waals surface area contributed by atoms with Gasteiger partial charge in [-0.25, -0.2) is 9.18 Å². The van der Waals surface area contributed by atoms with Crippen LogP contribution >= 0.6 is 11.3 Å². The highest BCUT2D eigenvalue weighted by atomic mass is 32.1. The summed E-state index contributed by atoms with van der Waals surface area (Å²) in [5.41, 5.74) is 1.14. The molecule has 0 bridgehead atoms. The number of ketones is 1. The van der Waals surface area contributed by atoms with E-state index in [0.29, 0.717) is 11.3 Å². The Labute approximate surface area is 194 Å². The molecule has 9 heteroatoms. The van der Waals surface area contributed by atoms with Crippen LogP contribution < -0.4 is 14.8 Å². The number of amides is 1. The first-order chi connectivity index (χ1) is 15.8. The van der Waals surface area contributed by atoms with Gasteiger partial charge in [0, 0.05) is 21.0 Å². The van der Waals surface area contributed by atoms with Gasteiger partial charge < -0.3 is 19.5 Å². The van der Waals surface area contributed by atoms with Crippen molar-refractivity contribution in [2.24, 2.45) is 0 Å². The van der Waals surface area contributed by atoms with Crippen LogP contribution in [0.5, 0.6) is 11.5 Å². The monoisotopic (exact) mass is 471 g/mol. The number of methoxy groups -OCH3 is 1. The van der Waals surface area contributed by atoms with Crippen LogP contribution in [-0.2, 0) is 9.53 Å². The first-order valence-electron chi connectivity index (χ1n) is 9.90. The predicted molar refractivity (Wildman–Crippen MR) is 122 cm³/mol. The molecule has 3 aromatic rings. The first kappa shape index (κ1) is 23.9. The van der Waals surface area contributed by atoms with E-state index in [2.05, 4.69) is 5.32 Å². The molecular weight excluding hydrogens is 449 g/mol. The van der Waals surface area contributed by atoms with Crippen molar-refractivity contribution in [2.45, 2.75) is 13.8 Å². The maximum Gasteiger partial charge on any atom is 0.338 e. The average Bonchev–Trinajstić information content (AvgIpc) is 3.15. The molecule has 2 aromatic carbocycles. The van der Waals surface area contributed by atoms with Gasteiger partial charge in [-0.15, -0.1) is 11.3 Å². The van der Waals surface area contributed by atoms with Crippen molar-refractivity contribution >= 4 is 34.7 Å². The Morgan fingerprint density at radius 1 is 0.970 bits per heavy atom. The molecule has 0 spiro atoms. The SMILES string of the molecule is COc1cc(C(=O)OCC(=O)c2cc(C)sc2C)ccc1OCC(=O)Nc1ccc(F)cc1. The third kappa shape index (κ3) is 6.39. The molecule has 0 saturated heterocycles. The number of carbonyl (C=O) groups is 3. The van der Waals surface area contributed by atoms with Crippen molar-refractivity contribution in [3.8, 4) is 11.5 Å². The van der Waals surface area contributed by atoms with Crippen molar-refractivity contribution in [1.29, 1.82) is 0 Å². The van der Waals surface area contributed by atoms with Crippen LogP contribution in [0.3, 0.4) is 0 Å². The standard InChI is InChI=1S/C24H22FNO6S/c1-14-10-19(15(2)33-14)20(27)12-32-24(29)16-4-9-21(22(11-16)30-3)31-13-23(28)26-18-7-5-17(25)6-8-18/h4-11H,12-13H2,1-3H3,(H,26,28). The zero-order valence-electron chi connectivity index (χ0n) is 18.3. The number of rotatable bonds is 9. The molecule has 33 heavy (non-hydrogen) atoms. The zero-order valence-corrected chi connectivity index (χ0v) is 19.1. The molecule has 0 fully saturated rings. The second-order valence-corrected chi connectivity index (χ2v) is 8.50. The lowest BCUT2D eigenvalue weighted by molar-refractivity contribution is -0.118. The summed E-state index contributed by atoms with van der Waals surface area (Å²) >= 11 is 1.51. The largest absolute Gasteiger partial charge is 0.493 e. The van der Waals surface area contributed by atoms with Crippen LogP contribution in [0.1, 0.15) is 30.5 Å².